The molecule has 0 bridgehead atoms. The molecule has 0 unspecified atom stereocenters. The number of alkyl halides is 3. The Hall–Kier alpha value is -4.43. The van der Waals surface area contributed by atoms with E-state index in [9.17, 15) is 27.9 Å². The molecule has 1 aromatic carbocycles. The molecule has 11 nitrogen and oxygen atoms in total. The number of carbonyl (C=O) groups excluding carboxylic acids is 2. The Morgan fingerprint density at radius 2 is 2.05 bits per heavy atom. The summed E-state index contributed by atoms with van der Waals surface area (Å²) in [7, 11) is 1.63. The van der Waals surface area contributed by atoms with Crippen LogP contribution in [0.15, 0.2) is 53.2 Å². The van der Waals surface area contributed by atoms with Crippen molar-refractivity contribution < 1.29 is 32.3 Å². The number of nitrogens with zero attached hydrogens (tertiary/aromatic N) is 5. The molecule has 0 fully saturated rings. The van der Waals surface area contributed by atoms with Crippen LogP contribution in [-0.4, -0.2) is 60.8 Å². The summed E-state index contributed by atoms with van der Waals surface area (Å²) in [6.45, 7) is 1.20. The lowest BCUT2D eigenvalue weighted by Gasteiger charge is -2.32. The number of aliphatic hydroxyl groups is 1. The van der Waals surface area contributed by atoms with Crippen LogP contribution >= 0.6 is 11.6 Å². The lowest BCUT2D eigenvalue weighted by molar-refractivity contribution is -0.137. The molecule has 0 radical (unpaired) electrons. The first-order chi connectivity index (χ1) is 20.0. The van der Waals surface area contributed by atoms with Crippen LogP contribution in [0.3, 0.4) is 0 Å². The fourth-order valence-electron chi connectivity index (χ4n) is 4.60. The molecular formula is C27H25ClF3N7O4. The molecule has 0 aliphatic carbocycles. The fourth-order valence-corrected chi connectivity index (χ4v) is 4.80. The Balaban J connectivity index is 1.39. The predicted molar refractivity (Wildman–Crippen MR) is 145 cm³/mol. The molecule has 4 aromatic rings. The zero-order chi connectivity index (χ0) is 30.2. The maximum absolute atomic E-state index is 13.9. The van der Waals surface area contributed by atoms with E-state index in [1.165, 1.54) is 28.8 Å². The van der Waals surface area contributed by atoms with Crippen molar-refractivity contribution in [1.29, 1.82) is 0 Å². The molecule has 15 heteroatoms. The molecule has 1 aliphatic rings. The smallest absolute Gasteiger partial charge is 0.420 e. The van der Waals surface area contributed by atoms with Crippen molar-refractivity contribution >= 4 is 35.2 Å². The van der Waals surface area contributed by atoms with Gasteiger partial charge in [0.05, 0.1) is 24.4 Å². The highest BCUT2D eigenvalue weighted by Crippen LogP contribution is 2.38. The number of amides is 2. The highest BCUT2D eigenvalue weighted by atomic mass is 35.5. The number of rotatable bonds is 8. The van der Waals surface area contributed by atoms with Gasteiger partial charge in [-0.2, -0.15) is 18.3 Å². The predicted octanol–water partition coefficient (Wildman–Crippen LogP) is 4.12. The molecule has 0 spiro atoms. The second kappa shape index (κ2) is 11.4. The number of aryl methyl sites for hydroxylation is 1. The van der Waals surface area contributed by atoms with Crippen LogP contribution in [0.5, 0.6) is 0 Å². The summed E-state index contributed by atoms with van der Waals surface area (Å²) >= 11 is 6.03. The van der Waals surface area contributed by atoms with Gasteiger partial charge in [0.1, 0.15) is 28.9 Å². The van der Waals surface area contributed by atoms with Crippen LogP contribution in [0, 0.1) is 0 Å². The van der Waals surface area contributed by atoms with Crippen molar-refractivity contribution in [3.05, 3.63) is 76.3 Å². The molecule has 3 N–H and O–H groups in total. The average molecular weight is 604 g/mol. The number of anilines is 2. The number of carbonyl (C=O) groups is 2. The molecular weight excluding hydrogens is 579 g/mol. The summed E-state index contributed by atoms with van der Waals surface area (Å²) in [5.74, 6) is -0.900. The number of halogens is 4. The van der Waals surface area contributed by atoms with Gasteiger partial charge >= 0.3 is 6.18 Å². The van der Waals surface area contributed by atoms with E-state index in [0.717, 1.165) is 0 Å². The number of hydrogen-bond donors (Lipinski definition) is 3. The Morgan fingerprint density at radius 3 is 2.71 bits per heavy atom. The second-order valence-corrected chi connectivity index (χ2v) is 10.0. The van der Waals surface area contributed by atoms with E-state index in [2.05, 4.69) is 25.7 Å². The minimum atomic E-state index is -4.80. The number of nitrogens with one attached hydrogen (secondary N) is 2. The maximum Gasteiger partial charge on any atom is 0.420 e. The van der Waals surface area contributed by atoms with Crippen LogP contribution in [-0.2, 0) is 24.4 Å². The molecule has 4 heterocycles. The third-order valence-corrected chi connectivity index (χ3v) is 7.10. The van der Waals surface area contributed by atoms with E-state index in [-0.39, 0.29) is 36.0 Å². The Labute approximate surface area is 242 Å². The Morgan fingerprint density at radius 1 is 1.26 bits per heavy atom. The van der Waals surface area contributed by atoms with E-state index >= 15 is 0 Å². The number of aliphatic hydroxyl groups excluding tert-OH is 1. The van der Waals surface area contributed by atoms with Crippen LogP contribution in [0.4, 0.5) is 24.9 Å². The molecule has 2 amide bonds. The fraction of sp³-hybridized carbons (Fsp3) is 0.296. The van der Waals surface area contributed by atoms with E-state index in [0.29, 0.717) is 22.6 Å². The average Bonchev–Trinajstić information content (AvgIpc) is 3.57. The van der Waals surface area contributed by atoms with E-state index < -0.39 is 47.9 Å². The van der Waals surface area contributed by atoms with Gasteiger partial charge in [-0.1, -0.05) is 23.7 Å². The van der Waals surface area contributed by atoms with Gasteiger partial charge in [0.25, 0.3) is 5.91 Å². The number of fused-ring (bicyclic) bond motifs is 1. The first kappa shape index (κ1) is 29.1. The van der Waals surface area contributed by atoms with Crippen LogP contribution in [0.1, 0.15) is 40.2 Å². The molecule has 3 aromatic heterocycles. The third kappa shape index (κ3) is 5.81. The van der Waals surface area contributed by atoms with E-state index in [1.807, 2.05) is 0 Å². The highest BCUT2D eigenvalue weighted by molar-refractivity contribution is 6.30. The second-order valence-electron chi connectivity index (χ2n) is 9.59. The quantitative estimate of drug-likeness (QED) is 0.273. The first-order valence-electron chi connectivity index (χ1n) is 12.8. The van der Waals surface area contributed by atoms with Gasteiger partial charge in [-0.3, -0.25) is 14.3 Å². The molecule has 0 saturated carbocycles. The van der Waals surface area contributed by atoms with Gasteiger partial charge in [0.2, 0.25) is 11.9 Å². The van der Waals surface area contributed by atoms with Gasteiger partial charge in [-0.15, -0.1) is 0 Å². The molecule has 220 valence electrons. The summed E-state index contributed by atoms with van der Waals surface area (Å²) in [6.07, 6.45) is -2.51. The number of furan rings is 1. The van der Waals surface area contributed by atoms with Crippen molar-refractivity contribution in [3.63, 3.8) is 0 Å². The van der Waals surface area contributed by atoms with Crippen LogP contribution in [0.2, 0.25) is 5.02 Å². The highest BCUT2D eigenvalue weighted by Gasteiger charge is 2.39. The van der Waals surface area contributed by atoms with Gasteiger partial charge < -0.3 is 25.1 Å². The minimum Gasteiger partial charge on any atom is -0.459 e. The third-order valence-electron chi connectivity index (χ3n) is 6.87. The monoisotopic (exact) mass is 603 g/mol. The molecule has 42 heavy (non-hydrogen) atoms. The SMILES string of the molecule is C[C@H](C(=O)N[C@H](CO)c1cccc(Cl)c1)N1CCc2oc(-c3nc(Nc4ccnn4C)ncc3C(F)(F)F)cc2C1=O. The zero-order valence-corrected chi connectivity index (χ0v) is 23.1. The van der Waals surface area contributed by atoms with Crippen LogP contribution < -0.4 is 10.6 Å². The number of hydrogen-bond acceptors (Lipinski definition) is 8. The van der Waals surface area contributed by atoms with Crippen molar-refractivity contribution in [3.8, 4) is 11.5 Å². The normalized spacial score (nSPS) is 14.8. The van der Waals surface area contributed by atoms with E-state index in [4.69, 9.17) is 16.0 Å². The van der Waals surface area contributed by atoms with Crippen LogP contribution in [0.25, 0.3) is 11.5 Å². The molecule has 2 atom stereocenters. The lowest BCUT2D eigenvalue weighted by Crippen LogP contribution is -2.51. The largest absolute Gasteiger partial charge is 0.459 e. The molecule has 1 aliphatic heterocycles. The molecule has 0 saturated heterocycles. The van der Waals surface area contributed by atoms with Crippen molar-refractivity contribution in [2.24, 2.45) is 7.05 Å². The number of benzene rings is 1. The minimum absolute atomic E-state index is 0.0253. The summed E-state index contributed by atoms with van der Waals surface area (Å²) in [5, 5.41) is 19.8. The van der Waals surface area contributed by atoms with Gasteiger partial charge in [0.15, 0.2) is 5.76 Å². The van der Waals surface area contributed by atoms with Gasteiger partial charge in [-0.25, -0.2) is 9.97 Å². The van der Waals surface area contributed by atoms with Gasteiger partial charge in [0, 0.05) is 37.3 Å². The summed E-state index contributed by atoms with van der Waals surface area (Å²) < 4.78 is 48.9. The summed E-state index contributed by atoms with van der Waals surface area (Å²) in [4.78, 5) is 35.6. The Kier molecular flexibility index (Phi) is 7.93. The van der Waals surface area contributed by atoms with Crippen molar-refractivity contribution in [1.82, 2.24) is 30.0 Å². The van der Waals surface area contributed by atoms with Crippen molar-refractivity contribution in [2.45, 2.75) is 31.6 Å². The lowest BCUT2D eigenvalue weighted by atomic mass is 10.0. The maximum atomic E-state index is 13.9. The zero-order valence-electron chi connectivity index (χ0n) is 22.3. The molecule has 5 rings (SSSR count). The Bertz CT molecular complexity index is 1640. The van der Waals surface area contributed by atoms with Gasteiger partial charge in [-0.05, 0) is 30.7 Å². The van der Waals surface area contributed by atoms with E-state index in [1.54, 1.807) is 37.4 Å². The standard InChI is InChI=1S/C27H25ClF3N7O4/c1-14(24(40)34-19(13-39)15-4-3-5-16(28)10-15)38-9-7-20-17(25(38)41)11-21(42-20)23-18(27(29,30)31)12-32-26(36-23)35-22-6-8-33-37(22)2/h3-6,8,10-12,14,19,39H,7,9,13H2,1-2H3,(H,34,40)(H,32,35,36)/t14-,19-/m1/s1. The number of aromatic nitrogens is 4. The van der Waals surface area contributed by atoms with Crippen molar-refractivity contribution in [2.75, 3.05) is 18.5 Å². The summed E-state index contributed by atoms with van der Waals surface area (Å²) in [5.41, 5.74) is -1.08. The first-order valence-corrected chi connectivity index (χ1v) is 13.1. The summed E-state index contributed by atoms with van der Waals surface area (Å²) in [6, 6.07) is 7.71. The topological polar surface area (TPSA) is 138 Å².